The maximum Gasteiger partial charge on any atom is 0.311 e. The molecule has 0 aromatic heterocycles. The number of rotatable bonds is 7. The van der Waals surface area contributed by atoms with Gasteiger partial charge in [-0.2, -0.15) is 0 Å². The molecule has 32 heavy (non-hydrogen) atoms. The summed E-state index contributed by atoms with van der Waals surface area (Å²) in [4.78, 5) is 25.5. The van der Waals surface area contributed by atoms with Crippen LogP contribution >= 0.6 is 0 Å². The van der Waals surface area contributed by atoms with Crippen molar-refractivity contribution in [3.8, 4) is 22.3 Å². The lowest BCUT2D eigenvalue weighted by molar-refractivity contribution is -0.146. The molecule has 162 valence electrons. The molecule has 0 aliphatic heterocycles. The summed E-state index contributed by atoms with van der Waals surface area (Å²) in [7, 11) is 1.34. The molecule has 2 atom stereocenters. The molecular formula is C26H25N3O3. The second-order valence-electron chi connectivity index (χ2n) is 8.02. The van der Waals surface area contributed by atoms with Crippen molar-refractivity contribution in [3.05, 3.63) is 83.4 Å². The normalized spacial score (nSPS) is 13.1. The molecule has 0 radical (unpaired) electrons. The fourth-order valence-electron chi connectivity index (χ4n) is 4.16. The highest BCUT2D eigenvalue weighted by Gasteiger charge is 2.29. The number of amides is 1. The molecule has 0 unspecified atom stereocenters. The van der Waals surface area contributed by atoms with Crippen molar-refractivity contribution in [1.29, 1.82) is 5.41 Å². The number of hydrogen-bond donors (Lipinski definition) is 3. The van der Waals surface area contributed by atoms with Crippen LogP contribution in [0.4, 0.5) is 0 Å². The van der Waals surface area contributed by atoms with E-state index in [0.29, 0.717) is 17.5 Å². The van der Waals surface area contributed by atoms with E-state index in [1.165, 1.54) is 12.7 Å². The summed E-state index contributed by atoms with van der Waals surface area (Å²) in [5, 5.41) is 10.6. The minimum atomic E-state index is -0.585. The Morgan fingerprint density at radius 3 is 2.31 bits per heavy atom. The van der Waals surface area contributed by atoms with Gasteiger partial charge in [0.25, 0.3) is 5.91 Å². The summed E-state index contributed by atoms with van der Waals surface area (Å²) in [6.45, 7) is 1.80. The Balaban J connectivity index is 1.50. The number of amidine groups is 1. The van der Waals surface area contributed by atoms with E-state index in [2.05, 4.69) is 11.4 Å². The molecule has 1 aliphatic rings. The average molecular weight is 428 g/mol. The van der Waals surface area contributed by atoms with Crippen LogP contribution in [-0.2, 0) is 16.0 Å². The summed E-state index contributed by atoms with van der Waals surface area (Å²) in [6, 6.07) is 20.5. The quantitative estimate of drug-likeness (QED) is 0.237. The SMILES string of the molecule is COC(=O)[C@H](Cc1cccc(C(=N)N)c1)[C@@H](C)NC(=O)c1ccc2c(c1)-c1ccccc1-2. The molecule has 1 amide bonds. The van der Waals surface area contributed by atoms with Gasteiger partial charge in [0, 0.05) is 17.2 Å². The van der Waals surface area contributed by atoms with Crippen LogP contribution in [0.15, 0.2) is 66.7 Å². The number of esters is 1. The first-order valence-corrected chi connectivity index (χ1v) is 10.4. The summed E-state index contributed by atoms with van der Waals surface area (Å²) in [6.07, 6.45) is 0.354. The van der Waals surface area contributed by atoms with Gasteiger partial charge in [-0.15, -0.1) is 0 Å². The van der Waals surface area contributed by atoms with Crippen molar-refractivity contribution in [1.82, 2.24) is 5.32 Å². The molecule has 4 rings (SSSR count). The summed E-state index contributed by atoms with van der Waals surface area (Å²) in [5.41, 5.74) is 12.1. The highest BCUT2D eigenvalue weighted by atomic mass is 16.5. The number of nitrogen functional groups attached to an aromatic ring is 1. The zero-order valence-electron chi connectivity index (χ0n) is 18.0. The summed E-state index contributed by atoms with van der Waals surface area (Å²) in [5.74, 6) is -1.27. The third-order valence-electron chi connectivity index (χ3n) is 5.95. The Labute approximate surface area is 186 Å². The molecule has 3 aromatic rings. The van der Waals surface area contributed by atoms with Gasteiger partial charge in [0.2, 0.25) is 0 Å². The van der Waals surface area contributed by atoms with Crippen molar-refractivity contribution in [2.75, 3.05) is 7.11 Å². The van der Waals surface area contributed by atoms with Gasteiger partial charge in [0.1, 0.15) is 5.84 Å². The number of benzene rings is 3. The second-order valence-corrected chi connectivity index (χ2v) is 8.02. The van der Waals surface area contributed by atoms with Gasteiger partial charge < -0.3 is 15.8 Å². The van der Waals surface area contributed by atoms with Crippen LogP contribution in [0.2, 0.25) is 0 Å². The van der Waals surface area contributed by atoms with Crippen molar-refractivity contribution in [3.63, 3.8) is 0 Å². The largest absolute Gasteiger partial charge is 0.469 e. The Morgan fingerprint density at radius 1 is 0.938 bits per heavy atom. The highest BCUT2D eigenvalue weighted by Crippen LogP contribution is 2.46. The maximum atomic E-state index is 13.0. The Morgan fingerprint density at radius 2 is 1.62 bits per heavy atom. The van der Waals surface area contributed by atoms with E-state index in [1.54, 1.807) is 31.2 Å². The Hall–Kier alpha value is -3.93. The zero-order chi connectivity index (χ0) is 22.8. The first-order valence-electron chi connectivity index (χ1n) is 10.4. The molecule has 6 nitrogen and oxygen atoms in total. The Bertz CT molecular complexity index is 1220. The van der Waals surface area contributed by atoms with Crippen LogP contribution in [0.5, 0.6) is 0 Å². The van der Waals surface area contributed by atoms with Crippen molar-refractivity contribution in [2.24, 2.45) is 11.7 Å². The van der Waals surface area contributed by atoms with Crippen LogP contribution in [-0.4, -0.2) is 30.9 Å². The third-order valence-corrected chi connectivity index (χ3v) is 5.95. The predicted molar refractivity (Wildman–Crippen MR) is 124 cm³/mol. The number of hydrogen-bond acceptors (Lipinski definition) is 4. The average Bonchev–Trinajstić information content (AvgIpc) is 2.80. The standard InChI is InChI=1S/C26H25N3O3/c1-15(22(26(31)32-2)13-16-6-5-7-17(12-16)24(27)28)29-25(30)18-10-11-21-19-8-3-4-9-20(19)23(21)14-18/h3-12,14-15,22H,13H2,1-2H3,(H3,27,28)(H,29,30)/t15-,22-/m1/s1. The number of nitrogens with two attached hydrogens (primary N) is 1. The highest BCUT2D eigenvalue weighted by molar-refractivity contribution is 6.06. The number of carbonyl (C=O) groups excluding carboxylic acids is 2. The molecule has 6 heteroatoms. The van der Waals surface area contributed by atoms with Gasteiger partial charge in [0.05, 0.1) is 13.0 Å². The fourth-order valence-corrected chi connectivity index (χ4v) is 4.16. The number of ether oxygens (including phenoxy) is 1. The van der Waals surface area contributed by atoms with Gasteiger partial charge in [-0.1, -0.05) is 48.5 Å². The topological polar surface area (TPSA) is 105 Å². The van der Waals surface area contributed by atoms with Crippen molar-refractivity contribution < 1.29 is 14.3 Å². The molecule has 0 fully saturated rings. The van der Waals surface area contributed by atoms with E-state index in [9.17, 15) is 9.59 Å². The first-order chi connectivity index (χ1) is 15.4. The Kier molecular flexibility index (Phi) is 5.77. The lowest BCUT2D eigenvalue weighted by Crippen LogP contribution is -2.42. The van der Waals surface area contributed by atoms with E-state index in [1.807, 2.05) is 36.4 Å². The predicted octanol–water partition coefficient (Wildman–Crippen LogP) is 3.77. The number of carbonyl (C=O) groups is 2. The van der Waals surface area contributed by atoms with E-state index in [0.717, 1.165) is 22.3 Å². The van der Waals surface area contributed by atoms with Gasteiger partial charge in [-0.05, 0) is 59.4 Å². The van der Waals surface area contributed by atoms with Gasteiger partial charge >= 0.3 is 5.97 Å². The molecule has 0 heterocycles. The lowest BCUT2D eigenvalue weighted by Gasteiger charge is -2.26. The smallest absolute Gasteiger partial charge is 0.311 e. The van der Waals surface area contributed by atoms with E-state index in [-0.39, 0.29) is 11.7 Å². The second kappa shape index (κ2) is 8.67. The number of nitrogens with one attached hydrogen (secondary N) is 2. The minimum absolute atomic E-state index is 0.0370. The van der Waals surface area contributed by atoms with E-state index in [4.69, 9.17) is 15.9 Å². The summed E-state index contributed by atoms with van der Waals surface area (Å²) >= 11 is 0. The van der Waals surface area contributed by atoms with Crippen LogP contribution in [0, 0.1) is 11.3 Å². The molecular weight excluding hydrogens is 402 g/mol. The molecule has 0 bridgehead atoms. The first kappa shape index (κ1) is 21.3. The van der Waals surface area contributed by atoms with E-state index >= 15 is 0 Å². The fraction of sp³-hybridized carbons (Fsp3) is 0.192. The minimum Gasteiger partial charge on any atom is -0.469 e. The third kappa shape index (κ3) is 3.99. The van der Waals surface area contributed by atoms with Gasteiger partial charge in [-0.3, -0.25) is 15.0 Å². The van der Waals surface area contributed by atoms with Crippen molar-refractivity contribution >= 4 is 17.7 Å². The van der Waals surface area contributed by atoms with Gasteiger partial charge in [-0.25, -0.2) is 0 Å². The molecule has 4 N–H and O–H groups in total. The van der Waals surface area contributed by atoms with Crippen LogP contribution in [0.1, 0.15) is 28.4 Å². The van der Waals surface area contributed by atoms with Crippen LogP contribution in [0.3, 0.4) is 0 Å². The number of methoxy groups -OCH3 is 1. The van der Waals surface area contributed by atoms with E-state index < -0.39 is 17.9 Å². The van der Waals surface area contributed by atoms with Crippen LogP contribution in [0.25, 0.3) is 22.3 Å². The monoisotopic (exact) mass is 427 g/mol. The zero-order valence-corrected chi connectivity index (χ0v) is 18.0. The molecule has 0 spiro atoms. The lowest BCUT2D eigenvalue weighted by atomic mass is 9.80. The molecule has 0 saturated heterocycles. The maximum absolute atomic E-state index is 13.0. The van der Waals surface area contributed by atoms with Crippen LogP contribution < -0.4 is 11.1 Å². The number of fused-ring (bicyclic) bond motifs is 4. The van der Waals surface area contributed by atoms with Gasteiger partial charge in [0.15, 0.2) is 0 Å². The molecule has 1 aliphatic carbocycles. The summed E-state index contributed by atoms with van der Waals surface area (Å²) < 4.78 is 5.00. The molecule has 0 saturated carbocycles. The van der Waals surface area contributed by atoms with Crippen molar-refractivity contribution in [2.45, 2.75) is 19.4 Å². The molecule has 3 aromatic carbocycles.